The van der Waals surface area contributed by atoms with Crippen molar-refractivity contribution in [2.75, 3.05) is 13.7 Å². The van der Waals surface area contributed by atoms with Gasteiger partial charge in [0.15, 0.2) is 6.61 Å². The highest BCUT2D eigenvalue weighted by Crippen LogP contribution is 2.22. The Bertz CT molecular complexity index is 1060. The number of Topliss-reactive ketones (excluding diaryl/α,β-unsaturated/α-hetero) is 1. The van der Waals surface area contributed by atoms with Gasteiger partial charge in [0.25, 0.3) is 0 Å². The molecule has 0 saturated carbocycles. The average molecular weight is 379 g/mol. The van der Waals surface area contributed by atoms with Crippen molar-refractivity contribution in [2.45, 2.75) is 20.4 Å². The fourth-order valence-electron chi connectivity index (χ4n) is 3.19. The van der Waals surface area contributed by atoms with Crippen LogP contribution in [0.4, 0.5) is 0 Å². The van der Waals surface area contributed by atoms with Crippen LogP contribution in [0.25, 0.3) is 10.9 Å². The van der Waals surface area contributed by atoms with Crippen molar-refractivity contribution in [1.29, 1.82) is 0 Å². The first kappa shape index (κ1) is 19.4. The summed E-state index contributed by atoms with van der Waals surface area (Å²) in [5, 5.41) is 0.688. The molecule has 144 valence electrons. The number of aromatic nitrogens is 1. The Balaban J connectivity index is 1.71. The van der Waals surface area contributed by atoms with Crippen molar-refractivity contribution in [3.8, 4) is 0 Å². The van der Waals surface area contributed by atoms with Crippen molar-refractivity contribution in [2.24, 2.45) is 0 Å². The number of methoxy groups -OCH3 is 1. The number of carbonyl (C=O) groups is 3. The molecule has 0 unspecified atom stereocenters. The van der Waals surface area contributed by atoms with Crippen LogP contribution in [0, 0.1) is 13.8 Å². The predicted molar refractivity (Wildman–Crippen MR) is 104 cm³/mol. The van der Waals surface area contributed by atoms with E-state index in [-0.39, 0.29) is 18.9 Å². The van der Waals surface area contributed by atoms with Gasteiger partial charge in [-0.2, -0.15) is 0 Å². The maximum absolute atomic E-state index is 12.3. The zero-order chi connectivity index (χ0) is 20.3. The Hall–Kier alpha value is -3.41. The molecule has 0 fully saturated rings. The van der Waals surface area contributed by atoms with Gasteiger partial charge < -0.3 is 14.0 Å². The number of esters is 2. The predicted octanol–water partition coefficient (Wildman–Crippen LogP) is 3.47. The first-order chi connectivity index (χ1) is 13.4. The topological polar surface area (TPSA) is 74.6 Å². The van der Waals surface area contributed by atoms with Crippen LogP contribution in [0.2, 0.25) is 0 Å². The normalized spacial score (nSPS) is 10.7. The molecule has 1 heterocycles. The average Bonchev–Trinajstić information content (AvgIpc) is 3.04. The number of nitrogens with zero attached hydrogens (tertiary/aromatic N) is 1. The van der Waals surface area contributed by atoms with E-state index < -0.39 is 11.9 Å². The third kappa shape index (κ3) is 3.96. The van der Waals surface area contributed by atoms with Gasteiger partial charge >= 0.3 is 11.9 Å². The third-order valence-electron chi connectivity index (χ3n) is 4.54. The Kier molecular flexibility index (Phi) is 5.59. The third-order valence-corrected chi connectivity index (χ3v) is 4.54. The van der Waals surface area contributed by atoms with E-state index in [0.29, 0.717) is 22.0 Å². The van der Waals surface area contributed by atoms with Gasteiger partial charge in [0.2, 0.25) is 5.78 Å². The van der Waals surface area contributed by atoms with E-state index in [2.05, 4.69) is 0 Å². The van der Waals surface area contributed by atoms with E-state index in [1.54, 1.807) is 35.0 Å². The molecule has 3 aromatic rings. The minimum atomic E-state index is -0.560. The van der Waals surface area contributed by atoms with Crippen LogP contribution in [0.1, 0.15) is 31.8 Å². The van der Waals surface area contributed by atoms with Gasteiger partial charge in [-0.15, -0.1) is 0 Å². The lowest BCUT2D eigenvalue weighted by molar-refractivity contribution is -0.143. The van der Waals surface area contributed by atoms with Crippen molar-refractivity contribution in [3.05, 3.63) is 70.9 Å². The summed E-state index contributed by atoms with van der Waals surface area (Å²) in [4.78, 5) is 36.6. The van der Waals surface area contributed by atoms with Crippen LogP contribution in [0.3, 0.4) is 0 Å². The van der Waals surface area contributed by atoms with E-state index in [1.165, 1.54) is 7.11 Å². The van der Waals surface area contributed by atoms with Crippen molar-refractivity contribution >= 4 is 28.6 Å². The zero-order valence-corrected chi connectivity index (χ0v) is 16.0. The van der Waals surface area contributed by atoms with E-state index in [4.69, 9.17) is 9.47 Å². The molecule has 0 amide bonds. The highest BCUT2D eigenvalue weighted by Gasteiger charge is 2.18. The molecule has 0 aliphatic carbocycles. The summed E-state index contributed by atoms with van der Waals surface area (Å²) >= 11 is 0. The molecule has 0 saturated heterocycles. The van der Waals surface area contributed by atoms with E-state index in [0.717, 1.165) is 11.1 Å². The fraction of sp³-hybridized carbons (Fsp3) is 0.227. The summed E-state index contributed by atoms with van der Waals surface area (Å²) in [6.07, 6.45) is 1.56. The monoisotopic (exact) mass is 379 g/mol. The molecule has 0 aliphatic rings. The number of fused-ring (bicyclic) bond motifs is 1. The summed E-state index contributed by atoms with van der Waals surface area (Å²) < 4.78 is 11.6. The molecule has 3 rings (SSSR count). The van der Waals surface area contributed by atoms with Gasteiger partial charge in [-0.1, -0.05) is 42.0 Å². The molecule has 0 bridgehead atoms. The van der Waals surface area contributed by atoms with Crippen LogP contribution < -0.4 is 0 Å². The van der Waals surface area contributed by atoms with Gasteiger partial charge in [0, 0.05) is 22.7 Å². The van der Waals surface area contributed by atoms with Crippen LogP contribution in [-0.2, 0) is 20.8 Å². The first-order valence-electron chi connectivity index (χ1n) is 8.83. The quantitative estimate of drug-likeness (QED) is 0.484. The molecular weight excluding hydrogens is 358 g/mol. The summed E-state index contributed by atoms with van der Waals surface area (Å²) in [6, 6.07) is 12.7. The Morgan fingerprint density at radius 2 is 1.75 bits per heavy atom. The van der Waals surface area contributed by atoms with Gasteiger partial charge in [-0.05, 0) is 25.5 Å². The van der Waals surface area contributed by atoms with Gasteiger partial charge in [-0.25, -0.2) is 4.79 Å². The van der Waals surface area contributed by atoms with Crippen LogP contribution in [-0.4, -0.2) is 36.0 Å². The SMILES string of the molecule is COC(=O)c1cn(CC(=O)OCC(=O)c2ccc(C)cc2C)c2ccccc12. The largest absolute Gasteiger partial charge is 0.465 e. The van der Waals surface area contributed by atoms with Crippen LogP contribution in [0.15, 0.2) is 48.7 Å². The number of para-hydroxylation sites is 1. The number of ether oxygens (including phenoxy) is 2. The summed E-state index contributed by atoms with van der Waals surface area (Å²) in [7, 11) is 1.31. The van der Waals surface area contributed by atoms with Crippen molar-refractivity contribution < 1.29 is 23.9 Å². The molecule has 0 atom stereocenters. The molecule has 28 heavy (non-hydrogen) atoms. The first-order valence-corrected chi connectivity index (χ1v) is 8.83. The van der Waals surface area contributed by atoms with Gasteiger partial charge in [0.05, 0.1) is 12.7 Å². The van der Waals surface area contributed by atoms with Crippen molar-refractivity contribution in [3.63, 3.8) is 0 Å². The summed E-state index contributed by atoms with van der Waals surface area (Å²) in [5.74, 6) is -1.29. The standard InChI is InChI=1S/C22H21NO5/c1-14-8-9-16(15(2)10-14)20(24)13-28-21(25)12-23-11-18(22(26)27-3)17-6-4-5-7-19(17)23/h4-11H,12-13H2,1-3H3. The van der Waals surface area contributed by atoms with Gasteiger partial charge in [0.1, 0.15) is 6.54 Å². The maximum atomic E-state index is 12.3. The van der Waals surface area contributed by atoms with E-state index in [9.17, 15) is 14.4 Å². The fourth-order valence-corrected chi connectivity index (χ4v) is 3.19. The second kappa shape index (κ2) is 8.08. The smallest absolute Gasteiger partial charge is 0.340 e. The Labute approximate surface area is 162 Å². The second-order valence-corrected chi connectivity index (χ2v) is 6.58. The number of carbonyl (C=O) groups excluding carboxylic acids is 3. The zero-order valence-electron chi connectivity index (χ0n) is 16.0. The van der Waals surface area contributed by atoms with E-state index >= 15 is 0 Å². The molecule has 2 aromatic carbocycles. The molecule has 0 radical (unpaired) electrons. The minimum Gasteiger partial charge on any atom is -0.465 e. The van der Waals surface area contributed by atoms with Crippen LogP contribution >= 0.6 is 0 Å². The number of rotatable bonds is 6. The molecule has 0 N–H and O–H groups in total. The molecule has 0 aliphatic heterocycles. The molecule has 0 spiro atoms. The second-order valence-electron chi connectivity index (χ2n) is 6.58. The number of hydrogen-bond donors (Lipinski definition) is 0. The number of ketones is 1. The maximum Gasteiger partial charge on any atom is 0.340 e. The van der Waals surface area contributed by atoms with E-state index in [1.807, 2.05) is 32.0 Å². The number of aryl methyl sites for hydroxylation is 2. The highest BCUT2D eigenvalue weighted by molar-refractivity contribution is 6.04. The molecule has 1 aromatic heterocycles. The van der Waals surface area contributed by atoms with Gasteiger partial charge in [-0.3, -0.25) is 9.59 Å². The van der Waals surface area contributed by atoms with Crippen LogP contribution in [0.5, 0.6) is 0 Å². The number of benzene rings is 2. The lowest BCUT2D eigenvalue weighted by Gasteiger charge is -2.08. The minimum absolute atomic E-state index is 0.113. The Morgan fingerprint density at radius 1 is 1.00 bits per heavy atom. The lowest BCUT2D eigenvalue weighted by Crippen LogP contribution is -2.18. The molecule has 6 nitrogen and oxygen atoms in total. The lowest BCUT2D eigenvalue weighted by atomic mass is 10.0. The van der Waals surface area contributed by atoms with Crippen molar-refractivity contribution in [1.82, 2.24) is 4.57 Å². The summed E-state index contributed by atoms with van der Waals surface area (Å²) in [6.45, 7) is 3.36. The Morgan fingerprint density at radius 3 is 2.46 bits per heavy atom. The highest BCUT2D eigenvalue weighted by atomic mass is 16.5. The molecular formula is C22H21NO5. The number of hydrogen-bond acceptors (Lipinski definition) is 5. The molecule has 6 heteroatoms. The summed E-state index contributed by atoms with van der Waals surface area (Å²) in [5.41, 5.74) is 3.53.